The quantitative estimate of drug-likeness (QED) is 0.874. The van der Waals surface area contributed by atoms with Crippen molar-refractivity contribution in [3.05, 3.63) is 48.0 Å². The molecule has 1 amide bonds. The molecule has 3 N–H and O–H groups in total. The average Bonchev–Trinajstić information content (AvgIpc) is 2.45. The minimum atomic E-state index is -1.07. The molecule has 1 unspecified atom stereocenters. The Morgan fingerprint density at radius 3 is 2.52 bits per heavy atom. The van der Waals surface area contributed by atoms with E-state index >= 15 is 0 Å². The number of carboxylic acid groups (broad SMARTS) is 1. The van der Waals surface area contributed by atoms with E-state index < -0.39 is 12.0 Å². The molecule has 5 nitrogen and oxygen atoms in total. The van der Waals surface area contributed by atoms with E-state index in [9.17, 15) is 9.59 Å². The first kappa shape index (κ1) is 15.0. The van der Waals surface area contributed by atoms with Gasteiger partial charge in [0.1, 0.15) is 0 Å². The summed E-state index contributed by atoms with van der Waals surface area (Å²) in [5, 5.41) is 10.9. The van der Waals surface area contributed by atoms with Crippen molar-refractivity contribution in [2.75, 3.05) is 7.05 Å². The number of carboxylic acids is 1. The van der Waals surface area contributed by atoms with Gasteiger partial charge in [0.25, 0.3) is 0 Å². The van der Waals surface area contributed by atoms with Gasteiger partial charge >= 0.3 is 5.97 Å². The Hall–Kier alpha value is -2.40. The number of aliphatic carboxylic acids is 1. The summed E-state index contributed by atoms with van der Waals surface area (Å²) in [7, 11) is 1.62. The van der Waals surface area contributed by atoms with Crippen LogP contribution < -0.4 is 5.73 Å². The third kappa shape index (κ3) is 3.79. The summed E-state index contributed by atoms with van der Waals surface area (Å²) in [5.41, 5.74) is 6.57. The van der Waals surface area contributed by atoms with Crippen molar-refractivity contribution in [2.45, 2.75) is 19.0 Å². The highest BCUT2D eigenvalue weighted by atomic mass is 16.4. The van der Waals surface area contributed by atoms with Crippen molar-refractivity contribution in [1.29, 1.82) is 0 Å². The molecular weight excluding hydrogens is 268 g/mol. The SMILES string of the molecule is CN(Cc1ccc2ccccc2c1)C(=O)C(N)CC(=O)O. The summed E-state index contributed by atoms with van der Waals surface area (Å²) in [6.45, 7) is 0.400. The van der Waals surface area contributed by atoms with Gasteiger partial charge in [-0.25, -0.2) is 0 Å². The third-order valence-corrected chi connectivity index (χ3v) is 3.32. The highest BCUT2D eigenvalue weighted by molar-refractivity contribution is 5.86. The normalized spacial score (nSPS) is 12.1. The Morgan fingerprint density at radius 2 is 1.86 bits per heavy atom. The number of nitrogens with two attached hydrogens (primary N) is 1. The van der Waals surface area contributed by atoms with Gasteiger partial charge in [0.05, 0.1) is 12.5 Å². The molecule has 0 spiro atoms. The zero-order chi connectivity index (χ0) is 15.4. The molecule has 21 heavy (non-hydrogen) atoms. The van der Waals surface area contributed by atoms with Crippen LogP contribution in [0.3, 0.4) is 0 Å². The number of fused-ring (bicyclic) bond motifs is 1. The number of rotatable bonds is 5. The van der Waals surface area contributed by atoms with E-state index in [0.717, 1.165) is 16.3 Å². The average molecular weight is 286 g/mol. The van der Waals surface area contributed by atoms with Crippen molar-refractivity contribution in [3.8, 4) is 0 Å². The number of carbonyl (C=O) groups is 2. The van der Waals surface area contributed by atoms with Crippen LogP contribution in [0.15, 0.2) is 42.5 Å². The predicted octanol–water partition coefficient (Wildman–Crippen LogP) is 1.60. The summed E-state index contributed by atoms with van der Waals surface area (Å²) < 4.78 is 0. The van der Waals surface area contributed by atoms with Crippen LogP contribution in [0, 0.1) is 0 Å². The third-order valence-electron chi connectivity index (χ3n) is 3.32. The van der Waals surface area contributed by atoms with Crippen LogP contribution >= 0.6 is 0 Å². The molecule has 1 atom stereocenters. The molecule has 110 valence electrons. The van der Waals surface area contributed by atoms with Crippen molar-refractivity contribution in [3.63, 3.8) is 0 Å². The second-order valence-corrected chi connectivity index (χ2v) is 5.08. The highest BCUT2D eigenvalue weighted by Gasteiger charge is 2.20. The molecule has 0 radical (unpaired) electrons. The predicted molar refractivity (Wildman–Crippen MR) is 80.7 cm³/mol. The Kier molecular flexibility index (Phi) is 4.55. The van der Waals surface area contributed by atoms with E-state index in [1.54, 1.807) is 7.05 Å². The molecule has 0 saturated carbocycles. The molecule has 0 aliphatic carbocycles. The van der Waals surface area contributed by atoms with Gasteiger partial charge in [0.15, 0.2) is 0 Å². The molecule has 2 rings (SSSR count). The largest absolute Gasteiger partial charge is 0.481 e. The Morgan fingerprint density at radius 1 is 1.19 bits per heavy atom. The van der Waals surface area contributed by atoms with Crippen LogP contribution in [-0.4, -0.2) is 35.0 Å². The van der Waals surface area contributed by atoms with E-state index in [2.05, 4.69) is 0 Å². The van der Waals surface area contributed by atoms with Gasteiger partial charge in [0, 0.05) is 13.6 Å². The van der Waals surface area contributed by atoms with Gasteiger partial charge in [0.2, 0.25) is 5.91 Å². The fraction of sp³-hybridized carbons (Fsp3) is 0.250. The molecule has 0 aromatic heterocycles. The van der Waals surface area contributed by atoms with Crippen molar-refractivity contribution in [1.82, 2.24) is 4.90 Å². The number of nitrogens with zero attached hydrogens (tertiary/aromatic N) is 1. The monoisotopic (exact) mass is 286 g/mol. The smallest absolute Gasteiger partial charge is 0.305 e. The molecule has 2 aromatic rings. The van der Waals surface area contributed by atoms with E-state index in [4.69, 9.17) is 10.8 Å². The van der Waals surface area contributed by atoms with Gasteiger partial charge in [-0.1, -0.05) is 36.4 Å². The molecule has 0 heterocycles. The van der Waals surface area contributed by atoms with Crippen molar-refractivity contribution < 1.29 is 14.7 Å². The first-order valence-electron chi connectivity index (χ1n) is 6.67. The van der Waals surface area contributed by atoms with E-state index in [0.29, 0.717) is 6.54 Å². The summed E-state index contributed by atoms with van der Waals surface area (Å²) in [6.07, 6.45) is -0.360. The van der Waals surface area contributed by atoms with Crippen LogP contribution in [-0.2, 0) is 16.1 Å². The molecule has 2 aromatic carbocycles. The minimum Gasteiger partial charge on any atom is -0.481 e. The maximum atomic E-state index is 12.0. The minimum absolute atomic E-state index is 0.360. The topological polar surface area (TPSA) is 83.6 Å². The fourth-order valence-corrected chi connectivity index (χ4v) is 2.25. The number of likely N-dealkylation sites (N-methyl/N-ethyl adjacent to an activating group) is 1. The number of benzene rings is 2. The van der Waals surface area contributed by atoms with Gasteiger partial charge in [-0.2, -0.15) is 0 Å². The summed E-state index contributed by atoms with van der Waals surface area (Å²) in [4.78, 5) is 24.0. The Bertz CT molecular complexity index is 669. The second-order valence-electron chi connectivity index (χ2n) is 5.08. The fourth-order valence-electron chi connectivity index (χ4n) is 2.25. The van der Waals surface area contributed by atoms with Crippen LogP contribution in [0.1, 0.15) is 12.0 Å². The number of amides is 1. The van der Waals surface area contributed by atoms with E-state index in [-0.39, 0.29) is 12.3 Å². The van der Waals surface area contributed by atoms with Crippen molar-refractivity contribution >= 4 is 22.6 Å². The number of hydrogen-bond acceptors (Lipinski definition) is 3. The molecule has 0 fully saturated rings. The maximum Gasteiger partial charge on any atom is 0.305 e. The lowest BCUT2D eigenvalue weighted by atomic mass is 10.1. The van der Waals surface area contributed by atoms with Crippen LogP contribution in [0.25, 0.3) is 10.8 Å². The molecular formula is C16H18N2O3. The lowest BCUT2D eigenvalue weighted by Gasteiger charge is -2.20. The van der Waals surface area contributed by atoms with E-state index in [1.165, 1.54) is 4.90 Å². The van der Waals surface area contributed by atoms with Crippen LogP contribution in [0.4, 0.5) is 0 Å². The van der Waals surface area contributed by atoms with Crippen LogP contribution in [0.5, 0.6) is 0 Å². The lowest BCUT2D eigenvalue weighted by molar-refractivity contribution is -0.141. The number of hydrogen-bond donors (Lipinski definition) is 2. The molecule has 0 aliphatic rings. The standard InChI is InChI=1S/C16H18N2O3/c1-18(16(21)14(17)9-15(19)20)10-11-6-7-12-4-2-3-5-13(12)8-11/h2-8,14H,9-10,17H2,1H3,(H,19,20). The summed E-state index contributed by atoms with van der Waals surface area (Å²) in [5.74, 6) is -1.44. The lowest BCUT2D eigenvalue weighted by Crippen LogP contribution is -2.42. The number of carbonyl (C=O) groups excluding carboxylic acids is 1. The highest BCUT2D eigenvalue weighted by Crippen LogP contribution is 2.16. The van der Waals surface area contributed by atoms with E-state index in [1.807, 2.05) is 42.5 Å². The first-order chi connectivity index (χ1) is 9.97. The Labute approximate surface area is 123 Å². The van der Waals surface area contributed by atoms with Gasteiger partial charge in [-0.15, -0.1) is 0 Å². The molecule has 5 heteroatoms. The molecule has 0 saturated heterocycles. The van der Waals surface area contributed by atoms with Crippen molar-refractivity contribution in [2.24, 2.45) is 5.73 Å². The zero-order valence-corrected chi connectivity index (χ0v) is 11.8. The first-order valence-corrected chi connectivity index (χ1v) is 6.67. The Balaban J connectivity index is 2.08. The molecule has 0 bridgehead atoms. The van der Waals surface area contributed by atoms with Crippen LogP contribution in [0.2, 0.25) is 0 Å². The van der Waals surface area contributed by atoms with Gasteiger partial charge in [-0.3, -0.25) is 9.59 Å². The van der Waals surface area contributed by atoms with Gasteiger partial charge < -0.3 is 15.7 Å². The summed E-state index contributed by atoms with van der Waals surface area (Å²) in [6, 6.07) is 12.9. The summed E-state index contributed by atoms with van der Waals surface area (Å²) >= 11 is 0. The maximum absolute atomic E-state index is 12.0. The second kappa shape index (κ2) is 6.37. The molecule has 0 aliphatic heterocycles. The zero-order valence-electron chi connectivity index (χ0n) is 11.8. The van der Waals surface area contributed by atoms with Gasteiger partial charge in [-0.05, 0) is 22.4 Å².